The second-order valence-corrected chi connectivity index (χ2v) is 10.1. The highest BCUT2D eigenvalue weighted by atomic mass is 32.2. The molecule has 1 saturated heterocycles. The van der Waals surface area contributed by atoms with Gasteiger partial charge in [-0.1, -0.05) is 18.2 Å². The summed E-state index contributed by atoms with van der Waals surface area (Å²) in [7, 11) is -3.60. The highest BCUT2D eigenvalue weighted by molar-refractivity contribution is 7.89. The summed E-state index contributed by atoms with van der Waals surface area (Å²) in [6.45, 7) is 1.80. The number of amides is 2. The smallest absolute Gasteiger partial charge is 0.325 e. The molecule has 1 fully saturated rings. The third-order valence-electron chi connectivity index (χ3n) is 4.69. The quantitative estimate of drug-likeness (QED) is 0.607. The Balaban J connectivity index is 1.41. The predicted molar refractivity (Wildman–Crippen MR) is 114 cm³/mol. The maximum Gasteiger partial charge on any atom is 0.325 e. The van der Waals surface area contributed by atoms with Crippen LogP contribution < -0.4 is 5.32 Å². The molecule has 0 saturated carbocycles. The highest BCUT2D eigenvalue weighted by Gasteiger charge is 2.30. The van der Waals surface area contributed by atoms with Gasteiger partial charge in [-0.05, 0) is 31.2 Å². The van der Waals surface area contributed by atoms with Crippen LogP contribution in [0.3, 0.4) is 0 Å². The van der Waals surface area contributed by atoms with Crippen LogP contribution in [-0.4, -0.2) is 74.7 Å². The fourth-order valence-electron chi connectivity index (χ4n) is 3.00. The molecule has 9 nitrogen and oxygen atoms in total. The molecule has 2 heterocycles. The fraction of sp³-hybridized carbons (Fsp3) is 0.350. The van der Waals surface area contributed by atoms with Crippen molar-refractivity contribution >= 4 is 39.1 Å². The molecule has 31 heavy (non-hydrogen) atoms. The summed E-state index contributed by atoms with van der Waals surface area (Å²) in [4.78, 5) is 39.2. The molecule has 3 rings (SSSR count). The summed E-state index contributed by atoms with van der Waals surface area (Å²) in [5.74, 6) is -1.51. The minimum atomic E-state index is -3.60. The Morgan fingerprint density at radius 3 is 2.32 bits per heavy atom. The number of rotatable bonds is 7. The van der Waals surface area contributed by atoms with Crippen LogP contribution in [0.25, 0.3) is 0 Å². The number of carbonyl (C=O) groups is 3. The molecule has 1 aliphatic heterocycles. The first-order valence-electron chi connectivity index (χ1n) is 9.60. The third kappa shape index (κ3) is 5.90. The van der Waals surface area contributed by atoms with Crippen molar-refractivity contribution < 1.29 is 27.5 Å². The van der Waals surface area contributed by atoms with Gasteiger partial charge in [0.1, 0.15) is 6.54 Å². The number of aryl methyl sites for hydroxylation is 1. The van der Waals surface area contributed by atoms with Crippen LogP contribution in [0, 0.1) is 6.92 Å². The van der Waals surface area contributed by atoms with Crippen molar-refractivity contribution in [2.24, 2.45) is 0 Å². The van der Waals surface area contributed by atoms with E-state index in [1.54, 1.807) is 30.3 Å². The number of carbonyl (C=O) groups excluding carboxylic acids is 3. The fourth-order valence-corrected chi connectivity index (χ4v) is 5.23. The molecule has 0 unspecified atom stereocenters. The number of hydrogen-bond acceptors (Lipinski definition) is 7. The van der Waals surface area contributed by atoms with E-state index < -0.39 is 28.5 Å². The zero-order chi connectivity index (χ0) is 22.4. The second kappa shape index (κ2) is 10.0. The van der Waals surface area contributed by atoms with Gasteiger partial charge in [0.15, 0.2) is 6.61 Å². The van der Waals surface area contributed by atoms with Crippen molar-refractivity contribution in [3.8, 4) is 0 Å². The van der Waals surface area contributed by atoms with E-state index >= 15 is 0 Å². The first kappa shape index (κ1) is 22.9. The zero-order valence-electron chi connectivity index (χ0n) is 16.9. The molecule has 0 aliphatic carbocycles. The van der Waals surface area contributed by atoms with Gasteiger partial charge in [0.25, 0.3) is 11.8 Å². The number of hydrogen-bond donors (Lipinski definition) is 1. The number of nitrogens with one attached hydrogen (secondary N) is 1. The lowest BCUT2D eigenvalue weighted by Gasteiger charge is -2.33. The van der Waals surface area contributed by atoms with E-state index in [1.807, 2.05) is 6.92 Å². The lowest BCUT2D eigenvalue weighted by Crippen LogP contribution is -2.51. The average molecular weight is 466 g/mol. The van der Waals surface area contributed by atoms with Gasteiger partial charge in [0, 0.05) is 31.1 Å². The highest BCUT2D eigenvalue weighted by Crippen LogP contribution is 2.17. The van der Waals surface area contributed by atoms with E-state index in [-0.39, 0.29) is 43.5 Å². The second-order valence-electron chi connectivity index (χ2n) is 6.85. The molecule has 2 aromatic rings. The normalized spacial score (nSPS) is 14.8. The van der Waals surface area contributed by atoms with Gasteiger partial charge in [-0.15, -0.1) is 11.3 Å². The summed E-state index contributed by atoms with van der Waals surface area (Å²) in [5.41, 5.74) is 0. The van der Waals surface area contributed by atoms with Gasteiger partial charge >= 0.3 is 5.97 Å². The average Bonchev–Trinajstić information content (AvgIpc) is 3.23. The lowest BCUT2D eigenvalue weighted by atomic mass is 10.3. The number of sulfonamides is 1. The number of nitrogens with zero attached hydrogens (tertiary/aromatic N) is 2. The van der Waals surface area contributed by atoms with Crippen LogP contribution in [0.4, 0.5) is 0 Å². The van der Waals surface area contributed by atoms with Crippen molar-refractivity contribution in [1.29, 1.82) is 0 Å². The summed E-state index contributed by atoms with van der Waals surface area (Å²) in [6.07, 6.45) is 0. The zero-order valence-corrected chi connectivity index (χ0v) is 18.6. The standard InChI is InChI=1S/C20H23N3O6S2/c1-15-7-8-17(30-15)20(26)21-13-19(25)29-14-18(24)22-9-11-23(12-10-22)31(27,28)16-5-3-2-4-6-16/h2-8H,9-14H2,1H3,(H,21,26). The molecule has 2 amide bonds. The van der Waals surface area contributed by atoms with E-state index in [0.717, 1.165) is 4.88 Å². The molecule has 1 N–H and O–H groups in total. The predicted octanol–water partition coefficient (Wildman–Crippen LogP) is 0.863. The molecule has 0 radical (unpaired) electrons. The van der Waals surface area contributed by atoms with Crippen LogP contribution in [0.5, 0.6) is 0 Å². The van der Waals surface area contributed by atoms with Gasteiger partial charge in [0.05, 0.1) is 9.77 Å². The van der Waals surface area contributed by atoms with Gasteiger partial charge in [0.2, 0.25) is 10.0 Å². The molecule has 1 aliphatic rings. The Morgan fingerprint density at radius 2 is 1.71 bits per heavy atom. The maximum absolute atomic E-state index is 12.6. The van der Waals surface area contributed by atoms with Crippen molar-refractivity contribution in [2.45, 2.75) is 11.8 Å². The molecular formula is C20H23N3O6S2. The topological polar surface area (TPSA) is 113 Å². The van der Waals surface area contributed by atoms with Gasteiger partial charge in [-0.3, -0.25) is 14.4 Å². The maximum atomic E-state index is 12.6. The molecule has 1 aromatic carbocycles. The van der Waals surface area contributed by atoms with E-state index in [1.165, 1.54) is 32.7 Å². The van der Waals surface area contributed by atoms with Crippen LogP contribution in [0.15, 0.2) is 47.4 Å². The third-order valence-corrected chi connectivity index (χ3v) is 7.60. The summed E-state index contributed by atoms with van der Waals surface area (Å²) < 4.78 is 31.5. The largest absolute Gasteiger partial charge is 0.454 e. The number of ether oxygens (including phenoxy) is 1. The van der Waals surface area contributed by atoms with E-state index in [4.69, 9.17) is 4.74 Å². The van der Waals surface area contributed by atoms with Crippen molar-refractivity contribution in [3.05, 3.63) is 52.2 Å². The van der Waals surface area contributed by atoms with Crippen LogP contribution in [0.2, 0.25) is 0 Å². The number of piperazine rings is 1. The van der Waals surface area contributed by atoms with Crippen LogP contribution >= 0.6 is 11.3 Å². The van der Waals surface area contributed by atoms with E-state index in [2.05, 4.69) is 5.32 Å². The summed E-state index contributed by atoms with van der Waals surface area (Å²) in [6, 6.07) is 11.6. The first-order valence-corrected chi connectivity index (χ1v) is 11.9. The van der Waals surface area contributed by atoms with E-state index in [9.17, 15) is 22.8 Å². The molecule has 0 atom stereocenters. The Bertz CT molecular complexity index is 1040. The van der Waals surface area contributed by atoms with Gasteiger partial charge < -0.3 is 15.0 Å². The van der Waals surface area contributed by atoms with E-state index in [0.29, 0.717) is 4.88 Å². The number of thiophene rings is 1. The Kier molecular flexibility index (Phi) is 7.42. The molecule has 166 valence electrons. The summed E-state index contributed by atoms with van der Waals surface area (Å²) in [5, 5.41) is 2.45. The Labute approximate surface area is 184 Å². The molecular weight excluding hydrogens is 442 g/mol. The Morgan fingerprint density at radius 1 is 1.03 bits per heavy atom. The summed E-state index contributed by atoms with van der Waals surface area (Å²) >= 11 is 1.31. The molecule has 1 aromatic heterocycles. The first-order chi connectivity index (χ1) is 14.8. The minimum absolute atomic E-state index is 0.160. The molecule has 0 bridgehead atoms. The van der Waals surface area contributed by atoms with Gasteiger partial charge in [-0.25, -0.2) is 8.42 Å². The monoisotopic (exact) mass is 465 g/mol. The number of esters is 1. The van der Waals surface area contributed by atoms with Crippen LogP contribution in [-0.2, 0) is 24.3 Å². The Hall–Kier alpha value is -2.76. The van der Waals surface area contributed by atoms with Crippen molar-refractivity contribution in [2.75, 3.05) is 39.3 Å². The lowest BCUT2D eigenvalue weighted by molar-refractivity contribution is -0.151. The number of benzene rings is 1. The molecule has 0 spiro atoms. The minimum Gasteiger partial charge on any atom is -0.454 e. The van der Waals surface area contributed by atoms with Gasteiger partial charge in [-0.2, -0.15) is 4.31 Å². The van der Waals surface area contributed by atoms with Crippen LogP contribution in [0.1, 0.15) is 14.5 Å². The SMILES string of the molecule is Cc1ccc(C(=O)NCC(=O)OCC(=O)N2CCN(S(=O)(=O)c3ccccc3)CC2)s1. The van der Waals surface area contributed by atoms with Crippen molar-refractivity contribution in [1.82, 2.24) is 14.5 Å². The molecule has 11 heteroatoms. The van der Waals surface area contributed by atoms with Crippen molar-refractivity contribution in [3.63, 3.8) is 0 Å².